The van der Waals surface area contributed by atoms with Crippen LogP contribution in [0.5, 0.6) is 11.5 Å². The Labute approximate surface area is 117 Å². The van der Waals surface area contributed by atoms with Crippen molar-refractivity contribution >= 4 is 27.3 Å². The van der Waals surface area contributed by atoms with Crippen LogP contribution >= 0.6 is 27.3 Å². The second-order valence-corrected chi connectivity index (χ2v) is 5.58. The zero-order valence-corrected chi connectivity index (χ0v) is 12.1. The summed E-state index contributed by atoms with van der Waals surface area (Å²) in [7, 11) is 1.91. The van der Waals surface area contributed by atoms with Gasteiger partial charge in [0.05, 0.1) is 10.2 Å². The van der Waals surface area contributed by atoms with Gasteiger partial charge in [0.15, 0.2) is 11.5 Å². The fourth-order valence-corrected chi connectivity index (χ4v) is 3.16. The lowest BCUT2D eigenvalue weighted by Gasteiger charge is -2.02. The first-order valence-corrected chi connectivity index (χ1v) is 7.13. The molecule has 0 unspecified atom stereocenters. The molecule has 0 aliphatic carbocycles. The average molecular weight is 327 g/mol. The Bertz CT molecular complexity index is 585. The molecule has 0 atom stereocenters. The molecule has 0 radical (unpaired) electrons. The Morgan fingerprint density at radius 2 is 2.33 bits per heavy atom. The quantitative estimate of drug-likeness (QED) is 0.941. The molecular formula is C12H11BrN2O2S. The summed E-state index contributed by atoms with van der Waals surface area (Å²) in [4.78, 5) is 4.58. The highest BCUT2D eigenvalue weighted by molar-refractivity contribution is 9.10. The van der Waals surface area contributed by atoms with Crippen LogP contribution in [-0.2, 0) is 6.54 Å². The van der Waals surface area contributed by atoms with Crippen molar-refractivity contribution in [1.82, 2.24) is 10.3 Å². The van der Waals surface area contributed by atoms with Crippen LogP contribution in [0.15, 0.2) is 22.0 Å². The summed E-state index contributed by atoms with van der Waals surface area (Å²) in [5.41, 5.74) is 2.09. The summed E-state index contributed by atoms with van der Waals surface area (Å²) < 4.78 is 11.7. The van der Waals surface area contributed by atoms with Gasteiger partial charge in [0.1, 0.15) is 5.01 Å². The monoisotopic (exact) mass is 326 g/mol. The number of fused-ring (bicyclic) bond motifs is 1. The molecule has 18 heavy (non-hydrogen) atoms. The van der Waals surface area contributed by atoms with Crippen molar-refractivity contribution in [3.05, 3.63) is 27.7 Å². The van der Waals surface area contributed by atoms with Crippen molar-refractivity contribution in [3.8, 4) is 22.1 Å². The van der Waals surface area contributed by atoms with Crippen LogP contribution in [0.4, 0.5) is 0 Å². The molecule has 0 saturated heterocycles. The second kappa shape index (κ2) is 4.87. The predicted molar refractivity (Wildman–Crippen MR) is 74.1 cm³/mol. The van der Waals surface area contributed by atoms with E-state index in [0.29, 0.717) is 0 Å². The third-order valence-electron chi connectivity index (χ3n) is 2.58. The number of hydrogen-bond acceptors (Lipinski definition) is 5. The first-order valence-electron chi connectivity index (χ1n) is 5.46. The van der Waals surface area contributed by atoms with Crippen LogP contribution in [0.2, 0.25) is 0 Å². The molecule has 6 heteroatoms. The van der Waals surface area contributed by atoms with E-state index in [1.807, 2.05) is 19.2 Å². The Kier molecular flexibility index (Phi) is 3.23. The summed E-state index contributed by atoms with van der Waals surface area (Å²) in [6.07, 6.45) is 0. The smallest absolute Gasteiger partial charge is 0.231 e. The molecule has 2 aromatic rings. The molecule has 2 heterocycles. The third kappa shape index (κ3) is 2.11. The van der Waals surface area contributed by atoms with Gasteiger partial charge in [-0.05, 0) is 35.1 Å². The van der Waals surface area contributed by atoms with Gasteiger partial charge in [-0.15, -0.1) is 11.3 Å². The maximum Gasteiger partial charge on any atom is 0.231 e. The number of hydrogen-bond donors (Lipinski definition) is 1. The Morgan fingerprint density at radius 3 is 3.17 bits per heavy atom. The summed E-state index contributed by atoms with van der Waals surface area (Å²) in [5, 5.41) is 6.14. The van der Waals surface area contributed by atoms with Gasteiger partial charge in [0, 0.05) is 17.5 Å². The average Bonchev–Trinajstić information content (AvgIpc) is 2.97. The fraction of sp³-hybridized carbons (Fsp3) is 0.250. The van der Waals surface area contributed by atoms with Gasteiger partial charge in [-0.1, -0.05) is 0 Å². The zero-order chi connectivity index (χ0) is 12.5. The number of rotatable bonds is 3. The maximum atomic E-state index is 5.41. The minimum Gasteiger partial charge on any atom is -0.454 e. The number of thiazole rings is 1. The molecule has 3 rings (SSSR count). The zero-order valence-electron chi connectivity index (χ0n) is 9.70. The first-order chi connectivity index (χ1) is 8.78. The lowest BCUT2D eigenvalue weighted by atomic mass is 10.2. The summed E-state index contributed by atoms with van der Waals surface area (Å²) in [5.74, 6) is 1.54. The van der Waals surface area contributed by atoms with Gasteiger partial charge >= 0.3 is 0 Å². The molecule has 4 nitrogen and oxygen atoms in total. The van der Waals surface area contributed by atoms with Gasteiger partial charge in [-0.25, -0.2) is 4.98 Å². The van der Waals surface area contributed by atoms with Crippen LogP contribution < -0.4 is 14.8 Å². The van der Waals surface area contributed by atoms with Crippen LogP contribution in [0.25, 0.3) is 10.6 Å². The van der Waals surface area contributed by atoms with Crippen LogP contribution in [0.1, 0.15) is 5.69 Å². The van der Waals surface area contributed by atoms with Gasteiger partial charge in [0.25, 0.3) is 0 Å². The second-order valence-electron chi connectivity index (χ2n) is 3.87. The minimum atomic E-state index is 0.278. The lowest BCUT2D eigenvalue weighted by molar-refractivity contribution is 0.173. The van der Waals surface area contributed by atoms with E-state index >= 15 is 0 Å². The van der Waals surface area contributed by atoms with E-state index in [2.05, 4.69) is 31.6 Å². The van der Waals surface area contributed by atoms with E-state index in [9.17, 15) is 0 Å². The van der Waals surface area contributed by atoms with Crippen molar-refractivity contribution in [3.63, 3.8) is 0 Å². The molecule has 94 valence electrons. The van der Waals surface area contributed by atoms with E-state index in [0.717, 1.165) is 38.8 Å². The number of nitrogens with one attached hydrogen (secondary N) is 1. The SMILES string of the molecule is CNCc1csc(-c2cc(Br)c3c(c2)OCO3)n1. The number of aromatic nitrogens is 1. The van der Waals surface area contributed by atoms with Crippen LogP contribution in [0.3, 0.4) is 0 Å². The van der Waals surface area contributed by atoms with Crippen molar-refractivity contribution in [2.45, 2.75) is 6.54 Å². The van der Waals surface area contributed by atoms with Gasteiger partial charge in [-0.3, -0.25) is 0 Å². The Balaban J connectivity index is 1.98. The molecule has 0 bridgehead atoms. The minimum absolute atomic E-state index is 0.278. The van der Waals surface area contributed by atoms with Crippen molar-refractivity contribution < 1.29 is 9.47 Å². The highest BCUT2D eigenvalue weighted by Gasteiger charge is 2.19. The summed E-state index contributed by atoms with van der Waals surface area (Å²) in [6.45, 7) is 1.06. The van der Waals surface area contributed by atoms with Crippen molar-refractivity contribution in [1.29, 1.82) is 0 Å². The van der Waals surface area contributed by atoms with Gasteiger partial charge < -0.3 is 14.8 Å². The van der Waals surface area contributed by atoms with E-state index in [-0.39, 0.29) is 6.79 Å². The molecule has 0 spiro atoms. The van der Waals surface area contributed by atoms with E-state index in [4.69, 9.17) is 9.47 Å². The van der Waals surface area contributed by atoms with Crippen molar-refractivity contribution in [2.24, 2.45) is 0 Å². The van der Waals surface area contributed by atoms with Crippen LogP contribution in [0, 0.1) is 0 Å². The highest BCUT2D eigenvalue weighted by Crippen LogP contribution is 2.42. The number of benzene rings is 1. The van der Waals surface area contributed by atoms with E-state index < -0.39 is 0 Å². The number of nitrogens with zero attached hydrogens (tertiary/aromatic N) is 1. The normalized spacial score (nSPS) is 13.0. The predicted octanol–water partition coefficient (Wildman–Crippen LogP) is 3.02. The molecule has 1 aliphatic rings. The highest BCUT2D eigenvalue weighted by atomic mass is 79.9. The van der Waals surface area contributed by atoms with Crippen molar-refractivity contribution in [2.75, 3.05) is 13.8 Å². The molecule has 0 saturated carbocycles. The van der Waals surface area contributed by atoms with Gasteiger partial charge in [0.2, 0.25) is 6.79 Å². The molecule has 1 N–H and O–H groups in total. The van der Waals surface area contributed by atoms with Gasteiger partial charge in [-0.2, -0.15) is 0 Å². The molecule has 0 amide bonds. The summed E-state index contributed by atoms with van der Waals surface area (Å²) in [6, 6.07) is 3.98. The number of halogens is 1. The fourth-order valence-electron chi connectivity index (χ4n) is 1.79. The standard InChI is InChI=1S/C12H11BrN2O2S/c1-14-4-8-5-18-12(15-8)7-2-9(13)11-10(3-7)16-6-17-11/h2-3,5,14H,4,6H2,1H3. The summed E-state index contributed by atoms with van der Waals surface area (Å²) >= 11 is 5.12. The lowest BCUT2D eigenvalue weighted by Crippen LogP contribution is -2.04. The maximum absolute atomic E-state index is 5.41. The first kappa shape index (κ1) is 12.0. The topological polar surface area (TPSA) is 43.4 Å². The Morgan fingerprint density at radius 1 is 1.44 bits per heavy atom. The van der Waals surface area contributed by atoms with Crippen LogP contribution in [-0.4, -0.2) is 18.8 Å². The molecule has 1 aromatic carbocycles. The van der Waals surface area contributed by atoms with E-state index in [1.54, 1.807) is 11.3 Å². The van der Waals surface area contributed by atoms with E-state index in [1.165, 1.54) is 0 Å². The third-order valence-corrected chi connectivity index (χ3v) is 4.11. The largest absolute Gasteiger partial charge is 0.454 e. The molecular weight excluding hydrogens is 316 g/mol. The molecule has 1 aromatic heterocycles. The molecule has 0 fully saturated rings. The Hall–Kier alpha value is -1.11. The molecule has 1 aliphatic heterocycles. The number of ether oxygens (including phenoxy) is 2.